The van der Waals surface area contributed by atoms with E-state index in [1.807, 2.05) is 20.8 Å². The third-order valence-corrected chi connectivity index (χ3v) is 7.73. The Balaban J connectivity index is 1.93. The van der Waals surface area contributed by atoms with E-state index in [1.54, 1.807) is 36.4 Å². The first-order valence-corrected chi connectivity index (χ1v) is 13.4. The first-order chi connectivity index (χ1) is 17.0. The lowest BCUT2D eigenvalue weighted by atomic mass is 10.1. The van der Waals surface area contributed by atoms with Gasteiger partial charge in [-0.25, -0.2) is 8.42 Å². The molecule has 0 heterocycles. The number of amides is 2. The van der Waals surface area contributed by atoms with Gasteiger partial charge < -0.3 is 10.6 Å². The second-order valence-electron chi connectivity index (χ2n) is 8.62. The van der Waals surface area contributed by atoms with Crippen molar-refractivity contribution >= 4 is 56.4 Å². The number of carbonyl (C=O) groups is 2. The molecule has 2 N–H and O–H groups in total. The average Bonchev–Trinajstić information content (AvgIpc) is 2.83. The van der Waals surface area contributed by atoms with Gasteiger partial charge >= 0.3 is 0 Å². The fourth-order valence-corrected chi connectivity index (χ4v) is 5.00. The second kappa shape index (κ2) is 11.8. The van der Waals surface area contributed by atoms with Crippen LogP contribution in [0.3, 0.4) is 0 Å². The topological polar surface area (TPSA) is 95.6 Å². The van der Waals surface area contributed by atoms with E-state index in [0.717, 1.165) is 9.87 Å². The van der Waals surface area contributed by atoms with Gasteiger partial charge in [-0.05, 0) is 55.3 Å². The van der Waals surface area contributed by atoms with Gasteiger partial charge in [-0.15, -0.1) is 0 Å². The fourth-order valence-electron chi connectivity index (χ4n) is 3.30. The van der Waals surface area contributed by atoms with Crippen LogP contribution in [-0.2, 0) is 14.8 Å². The van der Waals surface area contributed by atoms with Gasteiger partial charge in [0.2, 0.25) is 5.91 Å². The van der Waals surface area contributed by atoms with Crippen molar-refractivity contribution in [2.24, 2.45) is 5.92 Å². The van der Waals surface area contributed by atoms with Gasteiger partial charge in [-0.2, -0.15) is 0 Å². The normalized spacial score (nSPS) is 11.3. The molecule has 0 fully saturated rings. The molecular formula is C26H27Cl2N3O4S. The van der Waals surface area contributed by atoms with E-state index < -0.39 is 22.5 Å². The number of rotatable bonds is 9. The Morgan fingerprint density at radius 2 is 1.61 bits per heavy atom. The van der Waals surface area contributed by atoms with Gasteiger partial charge in [-0.1, -0.05) is 66.9 Å². The van der Waals surface area contributed by atoms with E-state index in [-0.39, 0.29) is 43.7 Å². The van der Waals surface area contributed by atoms with E-state index in [0.29, 0.717) is 6.54 Å². The van der Waals surface area contributed by atoms with Crippen molar-refractivity contribution in [2.75, 3.05) is 22.7 Å². The van der Waals surface area contributed by atoms with Crippen LogP contribution in [0.1, 0.15) is 29.8 Å². The number of hydrogen-bond donors (Lipinski definition) is 2. The predicted molar refractivity (Wildman–Crippen MR) is 144 cm³/mol. The largest absolute Gasteiger partial charge is 0.352 e. The van der Waals surface area contributed by atoms with Crippen LogP contribution in [0.4, 0.5) is 11.4 Å². The molecular weight excluding hydrogens is 521 g/mol. The van der Waals surface area contributed by atoms with Gasteiger partial charge in [0, 0.05) is 6.54 Å². The number of sulfonamides is 1. The highest BCUT2D eigenvalue weighted by molar-refractivity contribution is 7.92. The highest BCUT2D eigenvalue weighted by Gasteiger charge is 2.28. The molecule has 0 radical (unpaired) electrons. The molecule has 0 bridgehead atoms. The van der Waals surface area contributed by atoms with Crippen molar-refractivity contribution in [3.05, 3.63) is 87.9 Å². The Kier molecular flexibility index (Phi) is 9.00. The molecule has 7 nitrogen and oxygen atoms in total. The lowest BCUT2D eigenvalue weighted by molar-refractivity contribution is -0.114. The fraction of sp³-hybridized carbons (Fsp3) is 0.231. The Hall–Kier alpha value is -3.07. The van der Waals surface area contributed by atoms with E-state index in [4.69, 9.17) is 23.2 Å². The van der Waals surface area contributed by atoms with E-state index in [2.05, 4.69) is 10.6 Å². The van der Waals surface area contributed by atoms with Crippen LogP contribution in [0, 0.1) is 12.8 Å². The standard InChI is InChI=1S/C26H27Cl2N3O4S/c1-17(2)15-29-26(33)21-6-4-5-7-24(21)30-25(32)16-31(19-10-13-22(27)23(28)14-19)36(34,35)20-11-8-18(3)9-12-20/h4-14,17H,15-16H2,1-3H3,(H,29,33)(H,30,32). The summed E-state index contributed by atoms with van der Waals surface area (Å²) in [6.45, 7) is 5.70. The van der Waals surface area contributed by atoms with Crippen molar-refractivity contribution in [1.82, 2.24) is 5.32 Å². The summed E-state index contributed by atoms with van der Waals surface area (Å²) >= 11 is 12.2. The number of para-hydroxylation sites is 1. The lowest BCUT2D eigenvalue weighted by Gasteiger charge is -2.25. The maximum Gasteiger partial charge on any atom is 0.264 e. The van der Waals surface area contributed by atoms with Crippen molar-refractivity contribution in [1.29, 1.82) is 0 Å². The third-order valence-electron chi connectivity index (χ3n) is 5.20. The molecule has 0 aromatic heterocycles. The lowest BCUT2D eigenvalue weighted by Crippen LogP contribution is -2.38. The first kappa shape index (κ1) is 27.5. The smallest absolute Gasteiger partial charge is 0.264 e. The molecule has 2 amide bonds. The SMILES string of the molecule is Cc1ccc(S(=O)(=O)N(CC(=O)Nc2ccccc2C(=O)NCC(C)C)c2ccc(Cl)c(Cl)c2)cc1. The summed E-state index contributed by atoms with van der Waals surface area (Å²) in [6, 6.07) is 17.1. The molecule has 0 aliphatic heterocycles. The quantitative estimate of drug-likeness (QED) is 0.368. The van der Waals surface area contributed by atoms with Crippen molar-refractivity contribution in [3.8, 4) is 0 Å². The molecule has 3 rings (SSSR count). The molecule has 3 aromatic rings. The van der Waals surface area contributed by atoms with Gasteiger partial charge in [0.05, 0.1) is 31.9 Å². The van der Waals surface area contributed by atoms with Crippen LogP contribution < -0.4 is 14.9 Å². The number of nitrogens with zero attached hydrogens (tertiary/aromatic N) is 1. The Morgan fingerprint density at radius 1 is 0.944 bits per heavy atom. The van der Waals surface area contributed by atoms with Crippen LogP contribution in [0.2, 0.25) is 10.0 Å². The second-order valence-corrected chi connectivity index (χ2v) is 11.3. The van der Waals surface area contributed by atoms with Crippen molar-refractivity contribution in [2.45, 2.75) is 25.7 Å². The molecule has 36 heavy (non-hydrogen) atoms. The molecule has 0 atom stereocenters. The number of benzene rings is 3. The molecule has 0 saturated heterocycles. The molecule has 0 spiro atoms. The molecule has 0 unspecified atom stereocenters. The maximum atomic E-state index is 13.6. The third kappa shape index (κ3) is 6.78. The van der Waals surface area contributed by atoms with Crippen LogP contribution in [0.25, 0.3) is 0 Å². The highest BCUT2D eigenvalue weighted by Crippen LogP contribution is 2.30. The predicted octanol–water partition coefficient (Wildman–Crippen LogP) is 5.52. The van der Waals surface area contributed by atoms with E-state index in [9.17, 15) is 18.0 Å². The Labute approximate surface area is 221 Å². The summed E-state index contributed by atoms with van der Waals surface area (Å²) in [5, 5.41) is 5.88. The van der Waals surface area contributed by atoms with Crippen LogP contribution in [0.5, 0.6) is 0 Å². The van der Waals surface area contributed by atoms with Crippen molar-refractivity contribution in [3.63, 3.8) is 0 Å². The monoisotopic (exact) mass is 547 g/mol. The average molecular weight is 548 g/mol. The minimum atomic E-state index is -4.14. The first-order valence-electron chi connectivity index (χ1n) is 11.2. The zero-order valence-corrected chi connectivity index (χ0v) is 22.4. The molecule has 0 aliphatic rings. The zero-order valence-electron chi connectivity index (χ0n) is 20.1. The van der Waals surface area contributed by atoms with E-state index >= 15 is 0 Å². The van der Waals surface area contributed by atoms with Gasteiger partial charge in [-0.3, -0.25) is 13.9 Å². The van der Waals surface area contributed by atoms with Gasteiger partial charge in [0.15, 0.2) is 0 Å². The summed E-state index contributed by atoms with van der Waals surface area (Å²) in [7, 11) is -4.14. The zero-order chi connectivity index (χ0) is 26.5. The molecule has 10 heteroatoms. The highest BCUT2D eigenvalue weighted by atomic mass is 35.5. The van der Waals surface area contributed by atoms with Gasteiger partial charge in [0.1, 0.15) is 6.54 Å². The summed E-state index contributed by atoms with van der Waals surface area (Å²) in [5.74, 6) is -0.725. The summed E-state index contributed by atoms with van der Waals surface area (Å²) < 4.78 is 28.1. The Morgan fingerprint density at radius 3 is 2.25 bits per heavy atom. The minimum absolute atomic E-state index is 0.0143. The number of aryl methyl sites for hydroxylation is 1. The number of anilines is 2. The van der Waals surface area contributed by atoms with Crippen molar-refractivity contribution < 1.29 is 18.0 Å². The van der Waals surface area contributed by atoms with Crippen LogP contribution in [-0.4, -0.2) is 33.3 Å². The maximum absolute atomic E-state index is 13.6. The number of halogens is 2. The number of carbonyl (C=O) groups excluding carboxylic acids is 2. The van der Waals surface area contributed by atoms with Crippen LogP contribution >= 0.6 is 23.2 Å². The number of hydrogen-bond acceptors (Lipinski definition) is 4. The summed E-state index contributed by atoms with van der Waals surface area (Å²) in [5.41, 5.74) is 1.60. The molecule has 0 saturated carbocycles. The molecule has 190 valence electrons. The van der Waals surface area contributed by atoms with E-state index in [1.165, 1.54) is 30.3 Å². The number of nitrogens with one attached hydrogen (secondary N) is 2. The Bertz CT molecular complexity index is 1360. The van der Waals surface area contributed by atoms with Gasteiger partial charge in [0.25, 0.3) is 15.9 Å². The van der Waals surface area contributed by atoms with Crippen LogP contribution in [0.15, 0.2) is 71.6 Å². The molecule has 0 aliphatic carbocycles. The summed E-state index contributed by atoms with van der Waals surface area (Å²) in [4.78, 5) is 25.8. The molecule has 3 aromatic carbocycles. The minimum Gasteiger partial charge on any atom is -0.352 e. The summed E-state index contributed by atoms with van der Waals surface area (Å²) in [6.07, 6.45) is 0.